The van der Waals surface area contributed by atoms with Crippen LogP contribution < -0.4 is 10.6 Å². The summed E-state index contributed by atoms with van der Waals surface area (Å²) in [6.07, 6.45) is 1.30. The molecule has 26 heavy (non-hydrogen) atoms. The number of ketones is 1. The zero-order valence-corrected chi connectivity index (χ0v) is 15.6. The predicted octanol–water partition coefficient (Wildman–Crippen LogP) is 2.57. The number of rotatable bonds is 7. The fourth-order valence-electron chi connectivity index (χ4n) is 2.87. The van der Waals surface area contributed by atoms with E-state index in [9.17, 15) is 19.2 Å². The summed E-state index contributed by atoms with van der Waals surface area (Å²) >= 11 is 0. The molecular weight excluding hydrogens is 334 g/mol. The van der Waals surface area contributed by atoms with Gasteiger partial charge in [-0.25, -0.2) is 4.79 Å². The normalized spacial score (nSPS) is 19.7. The number of benzene rings is 1. The van der Waals surface area contributed by atoms with Crippen molar-refractivity contribution in [3.8, 4) is 0 Å². The van der Waals surface area contributed by atoms with Gasteiger partial charge in [-0.1, -0.05) is 26.0 Å². The maximum atomic E-state index is 12.6. The van der Waals surface area contributed by atoms with Gasteiger partial charge in [0.15, 0.2) is 5.78 Å². The van der Waals surface area contributed by atoms with E-state index in [1.165, 1.54) is 6.92 Å². The Hall–Kier alpha value is -2.70. The monoisotopic (exact) mass is 359 g/mol. The molecule has 7 nitrogen and oxygen atoms in total. The van der Waals surface area contributed by atoms with Crippen molar-refractivity contribution >= 4 is 29.3 Å². The number of anilines is 1. The molecule has 1 aromatic rings. The standard InChI is InChI=1S/C19H25N3O4/c1-12(2)9-10-19(4)17(25)22(18(26)21-19)11-16(24)20-15-8-6-5-7-14(15)13(3)23/h5-8,12H,9-11H2,1-4H3,(H,20,24)(H,21,26). The van der Waals surface area contributed by atoms with E-state index in [2.05, 4.69) is 10.6 Å². The SMILES string of the molecule is CC(=O)c1ccccc1NC(=O)CN1C(=O)NC(C)(CCC(C)C)C1=O. The van der Waals surface area contributed by atoms with Crippen molar-refractivity contribution < 1.29 is 19.2 Å². The Morgan fingerprint density at radius 3 is 2.50 bits per heavy atom. The van der Waals surface area contributed by atoms with Crippen LogP contribution in [0.25, 0.3) is 0 Å². The number of urea groups is 1. The van der Waals surface area contributed by atoms with Crippen molar-refractivity contribution in [3.63, 3.8) is 0 Å². The highest BCUT2D eigenvalue weighted by Gasteiger charge is 2.47. The molecule has 140 valence electrons. The van der Waals surface area contributed by atoms with Crippen LogP contribution in [0.5, 0.6) is 0 Å². The Morgan fingerprint density at radius 1 is 1.23 bits per heavy atom. The van der Waals surface area contributed by atoms with Gasteiger partial charge in [0, 0.05) is 5.56 Å². The van der Waals surface area contributed by atoms with E-state index < -0.39 is 29.9 Å². The predicted molar refractivity (Wildman–Crippen MR) is 97.8 cm³/mol. The summed E-state index contributed by atoms with van der Waals surface area (Å²) in [7, 11) is 0. The number of hydrogen-bond donors (Lipinski definition) is 2. The molecule has 2 N–H and O–H groups in total. The summed E-state index contributed by atoms with van der Waals surface area (Å²) in [5.41, 5.74) is -0.252. The van der Waals surface area contributed by atoms with Gasteiger partial charge in [0.1, 0.15) is 12.1 Å². The van der Waals surface area contributed by atoms with E-state index in [1.54, 1.807) is 31.2 Å². The molecule has 0 spiro atoms. The zero-order valence-electron chi connectivity index (χ0n) is 15.6. The number of amides is 4. The molecule has 0 bridgehead atoms. The molecule has 0 aliphatic carbocycles. The largest absolute Gasteiger partial charge is 0.325 e. The van der Waals surface area contributed by atoms with Crippen molar-refractivity contribution in [1.29, 1.82) is 0 Å². The lowest BCUT2D eigenvalue weighted by Crippen LogP contribution is -2.44. The van der Waals surface area contributed by atoms with E-state index in [0.717, 1.165) is 11.3 Å². The van der Waals surface area contributed by atoms with Gasteiger partial charge in [-0.3, -0.25) is 19.3 Å². The first-order chi connectivity index (χ1) is 12.1. The van der Waals surface area contributed by atoms with Crippen LogP contribution in [-0.2, 0) is 9.59 Å². The maximum absolute atomic E-state index is 12.6. The lowest BCUT2D eigenvalue weighted by Gasteiger charge is -2.22. The average molecular weight is 359 g/mol. The molecule has 1 fully saturated rings. The van der Waals surface area contributed by atoms with Gasteiger partial charge in [-0.2, -0.15) is 0 Å². The molecule has 0 aromatic heterocycles. The number of Topliss-reactive ketones (excluding diaryl/α,β-unsaturated/α-hetero) is 1. The molecule has 1 unspecified atom stereocenters. The zero-order chi connectivity index (χ0) is 19.5. The summed E-state index contributed by atoms with van der Waals surface area (Å²) < 4.78 is 0. The van der Waals surface area contributed by atoms with Crippen LogP contribution in [0.15, 0.2) is 24.3 Å². The number of nitrogens with one attached hydrogen (secondary N) is 2. The third kappa shape index (κ3) is 4.28. The van der Waals surface area contributed by atoms with Gasteiger partial charge in [-0.15, -0.1) is 0 Å². The highest BCUT2D eigenvalue weighted by atomic mass is 16.2. The highest BCUT2D eigenvalue weighted by Crippen LogP contribution is 2.25. The second-order valence-electron chi connectivity index (χ2n) is 7.24. The molecule has 0 saturated carbocycles. The Bertz CT molecular complexity index is 744. The minimum Gasteiger partial charge on any atom is -0.324 e. The minimum absolute atomic E-state index is 0.183. The second-order valence-corrected chi connectivity index (χ2v) is 7.24. The van der Waals surface area contributed by atoms with Crippen molar-refractivity contribution in [3.05, 3.63) is 29.8 Å². The average Bonchev–Trinajstić information content (AvgIpc) is 2.77. The number of carbonyl (C=O) groups excluding carboxylic acids is 4. The molecule has 1 atom stereocenters. The highest BCUT2D eigenvalue weighted by molar-refractivity contribution is 6.10. The van der Waals surface area contributed by atoms with Crippen LogP contribution in [0.4, 0.5) is 10.5 Å². The van der Waals surface area contributed by atoms with E-state index >= 15 is 0 Å². The summed E-state index contributed by atoms with van der Waals surface area (Å²) in [5.74, 6) is -0.720. The molecule has 1 aliphatic heterocycles. The first-order valence-electron chi connectivity index (χ1n) is 8.68. The van der Waals surface area contributed by atoms with Crippen LogP contribution in [0.2, 0.25) is 0 Å². The van der Waals surface area contributed by atoms with Crippen molar-refractivity contribution in [1.82, 2.24) is 10.2 Å². The quantitative estimate of drug-likeness (QED) is 0.578. The fourth-order valence-corrected chi connectivity index (χ4v) is 2.87. The summed E-state index contributed by atoms with van der Waals surface area (Å²) in [6.45, 7) is 6.78. The molecule has 1 aromatic carbocycles. The molecule has 7 heteroatoms. The van der Waals surface area contributed by atoms with Crippen LogP contribution in [0.1, 0.15) is 50.9 Å². The number of nitrogens with zero attached hydrogens (tertiary/aromatic N) is 1. The summed E-state index contributed by atoms with van der Waals surface area (Å²) in [6, 6.07) is 6.03. The number of carbonyl (C=O) groups is 4. The van der Waals surface area contributed by atoms with Crippen LogP contribution >= 0.6 is 0 Å². The number of imide groups is 1. The first kappa shape index (κ1) is 19.6. The topological polar surface area (TPSA) is 95.6 Å². The number of para-hydroxylation sites is 1. The molecule has 4 amide bonds. The van der Waals surface area contributed by atoms with Crippen molar-refractivity contribution in [2.75, 3.05) is 11.9 Å². The third-order valence-electron chi connectivity index (χ3n) is 4.45. The van der Waals surface area contributed by atoms with Gasteiger partial charge >= 0.3 is 6.03 Å². The van der Waals surface area contributed by atoms with E-state index in [1.807, 2.05) is 13.8 Å². The fraction of sp³-hybridized carbons (Fsp3) is 0.474. The lowest BCUT2D eigenvalue weighted by atomic mass is 9.92. The van der Waals surface area contributed by atoms with Gasteiger partial charge in [-0.05, 0) is 44.7 Å². The summed E-state index contributed by atoms with van der Waals surface area (Å²) in [5, 5.41) is 5.29. The second kappa shape index (κ2) is 7.68. The van der Waals surface area contributed by atoms with Crippen molar-refractivity contribution in [2.24, 2.45) is 5.92 Å². The van der Waals surface area contributed by atoms with Gasteiger partial charge in [0.2, 0.25) is 5.91 Å². The third-order valence-corrected chi connectivity index (χ3v) is 4.45. The minimum atomic E-state index is -0.987. The summed E-state index contributed by atoms with van der Waals surface area (Å²) in [4.78, 5) is 49.7. The molecular formula is C19H25N3O4. The van der Waals surface area contributed by atoms with Gasteiger partial charge < -0.3 is 10.6 Å². The molecule has 1 saturated heterocycles. The molecule has 0 radical (unpaired) electrons. The number of hydrogen-bond acceptors (Lipinski definition) is 4. The van der Waals surface area contributed by atoms with Crippen LogP contribution in [0, 0.1) is 5.92 Å². The molecule has 1 heterocycles. The lowest BCUT2D eigenvalue weighted by molar-refractivity contribution is -0.133. The Kier molecular flexibility index (Phi) is 5.79. The molecule has 1 aliphatic rings. The van der Waals surface area contributed by atoms with Gasteiger partial charge in [0.05, 0.1) is 5.69 Å². The molecule has 2 rings (SSSR count). The van der Waals surface area contributed by atoms with E-state index in [0.29, 0.717) is 23.6 Å². The Labute approximate surface area is 153 Å². The Morgan fingerprint density at radius 2 is 1.88 bits per heavy atom. The first-order valence-corrected chi connectivity index (χ1v) is 8.68. The van der Waals surface area contributed by atoms with Crippen LogP contribution in [-0.4, -0.2) is 40.6 Å². The maximum Gasteiger partial charge on any atom is 0.325 e. The Balaban J connectivity index is 2.06. The van der Waals surface area contributed by atoms with Crippen LogP contribution in [0.3, 0.4) is 0 Å². The van der Waals surface area contributed by atoms with Gasteiger partial charge in [0.25, 0.3) is 5.91 Å². The smallest absolute Gasteiger partial charge is 0.324 e. The van der Waals surface area contributed by atoms with E-state index in [-0.39, 0.29) is 5.78 Å². The van der Waals surface area contributed by atoms with E-state index in [4.69, 9.17) is 0 Å². The van der Waals surface area contributed by atoms with Crippen molar-refractivity contribution in [2.45, 2.75) is 46.1 Å².